The first-order chi connectivity index (χ1) is 12.6. The van der Waals surface area contributed by atoms with Crippen LogP contribution in [-0.4, -0.2) is 43.3 Å². The SMILES string of the molecule is CCn1nc(C)c2c(NC3CCC3)c(C3=NOC4(C3)CC(O)C4)cnc21. The molecule has 2 aliphatic carbocycles. The fourth-order valence-corrected chi connectivity index (χ4v) is 4.35. The molecule has 2 saturated carbocycles. The van der Waals surface area contributed by atoms with Crippen LogP contribution < -0.4 is 5.32 Å². The van der Waals surface area contributed by atoms with Crippen molar-refractivity contribution in [2.45, 2.75) is 76.7 Å². The minimum atomic E-state index is -0.305. The summed E-state index contributed by atoms with van der Waals surface area (Å²) in [6.45, 7) is 4.92. The van der Waals surface area contributed by atoms with E-state index in [-0.39, 0.29) is 11.7 Å². The van der Waals surface area contributed by atoms with Crippen molar-refractivity contribution in [3.8, 4) is 0 Å². The Morgan fingerprint density at radius 3 is 2.85 bits per heavy atom. The molecule has 3 aliphatic rings. The molecule has 2 aromatic rings. The van der Waals surface area contributed by atoms with Crippen molar-refractivity contribution in [2.75, 3.05) is 5.32 Å². The molecule has 0 radical (unpaired) electrons. The second-order valence-electron chi connectivity index (χ2n) is 7.97. The van der Waals surface area contributed by atoms with Crippen molar-refractivity contribution >= 4 is 22.4 Å². The normalized spacial score (nSPS) is 28.0. The summed E-state index contributed by atoms with van der Waals surface area (Å²) in [6, 6.07) is 0.506. The summed E-state index contributed by atoms with van der Waals surface area (Å²) in [6.07, 6.45) is 7.38. The number of aliphatic hydroxyl groups excluding tert-OH is 1. The average molecular weight is 355 g/mol. The molecule has 1 spiro atoms. The molecular weight excluding hydrogens is 330 g/mol. The lowest BCUT2D eigenvalue weighted by molar-refractivity contribution is -0.137. The molecule has 26 heavy (non-hydrogen) atoms. The Morgan fingerprint density at radius 2 is 2.19 bits per heavy atom. The summed E-state index contributed by atoms with van der Waals surface area (Å²) in [4.78, 5) is 10.4. The van der Waals surface area contributed by atoms with Gasteiger partial charge in [-0.3, -0.25) is 0 Å². The molecular formula is C19H25N5O2. The number of pyridine rings is 1. The van der Waals surface area contributed by atoms with Gasteiger partial charge in [-0.1, -0.05) is 5.16 Å². The molecule has 0 saturated heterocycles. The monoisotopic (exact) mass is 355 g/mol. The number of fused-ring (bicyclic) bond motifs is 1. The third-order valence-corrected chi connectivity index (χ3v) is 6.05. The highest BCUT2D eigenvalue weighted by atomic mass is 16.7. The lowest BCUT2D eigenvalue weighted by atomic mass is 9.74. The number of aryl methyl sites for hydroxylation is 2. The van der Waals surface area contributed by atoms with Crippen molar-refractivity contribution in [3.05, 3.63) is 17.5 Å². The first-order valence-electron chi connectivity index (χ1n) is 9.65. The van der Waals surface area contributed by atoms with E-state index < -0.39 is 0 Å². The predicted octanol–water partition coefficient (Wildman–Crippen LogP) is 2.74. The number of aliphatic hydroxyl groups is 1. The molecule has 0 unspecified atom stereocenters. The summed E-state index contributed by atoms with van der Waals surface area (Å²) in [5, 5.41) is 23.6. The number of rotatable bonds is 4. The molecule has 3 heterocycles. The highest BCUT2D eigenvalue weighted by Gasteiger charge is 2.50. The molecule has 0 bridgehead atoms. The van der Waals surface area contributed by atoms with E-state index in [1.54, 1.807) is 0 Å². The Morgan fingerprint density at radius 1 is 1.38 bits per heavy atom. The smallest absolute Gasteiger partial charge is 0.160 e. The maximum atomic E-state index is 9.68. The highest BCUT2D eigenvalue weighted by Crippen LogP contribution is 2.45. The quantitative estimate of drug-likeness (QED) is 0.881. The first-order valence-corrected chi connectivity index (χ1v) is 9.65. The summed E-state index contributed by atoms with van der Waals surface area (Å²) in [5.41, 5.74) is 4.64. The van der Waals surface area contributed by atoms with E-state index in [9.17, 15) is 5.11 Å². The largest absolute Gasteiger partial charge is 0.393 e. The van der Waals surface area contributed by atoms with Crippen LogP contribution in [0, 0.1) is 6.92 Å². The van der Waals surface area contributed by atoms with Crippen LogP contribution in [0.5, 0.6) is 0 Å². The average Bonchev–Trinajstić information content (AvgIpc) is 3.13. The van der Waals surface area contributed by atoms with Gasteiger partial charge in [-0.15, -0.1) is 0 Å². The molecule has 7 nitrogen and oxygen atoms in total. The van der Waals surface area contributed by atoms with Crippen LogP contribution in [0.25, 0.3) is 11.0 Å². The molecule has 2 aromatic heterocycles. The first kappa shape index (κ1) is 16.1. The number of oxime groups is 1. The lowest BCUT2D eigenvalue weighted by Crippen LogP contribution is -2.47. The molecule has 138 valence electrons. The maximum absolute atomic E-state index is 9.68. The summed E-state index contributed by atoms with van der Waals surface area (Å²) < 4.78 is 1.96. The predicted molar refractivity (Wildman–Crippen MR) is 99.4 cm³/mol. The number of hydrogen-bond donors (Lipinski definition) is 2. The highest BCUT2D eigenvalue weighted by molar-refractivity contribution is 6.11. The second kappa shape index (κ2) is 5.67. The van der Waals surface area contributed by atoms with Crippen molar-refractivity contribution in [1.82, 2.24) is 14.8 Å². The van der Waals surface area contributed by atoms with Gasteiger partial charge in [0.1, 0.15) is 5.60 Å². The molecule has 5 rings (SSSR count). The minimum absolute atomic E-state index is 0.261. The van der Waals surface area contributed by atoms with Gasteiger partial charge in [0.25, 0.3) is 0 Å². The van der Waals surface area contributed by atoms with E-state index in [2.05, 4.69) is 22.5 Å². The molecule has 0 atom stereocenters. The van der Waals surface area contributed by atoms with Gasteiger partial charge in [-0.25, -0.2) is 9.67 Å². The third-order valence-electron chi connectivity index (χ3n) is 6.05. The summed E-state index contributed by atoms with van der Waals surface area (Å²) >= 11 is 0. The van der Waals surface area contributed by atoms with Gasteiger partial charge >= 0.3 is 0 Å². The standard InChI is InChI=1S/C19H25N5O2/c1-3-24-18-16(11(2)22-24)17(21-12-5-4-6-12)14(10-20-18)15-9-19(26-23-15)7-13(25)8-19/h10,12-13,25H,3-9H2,1-2H3,(H,20,21). The van der Waals surface area contributed by atoms with E-state index in [0.29, 0.717) is 18.9 Å². The zero-order valence-electron chi connectivity index (χ0n) is 15.3. The van der Waals surface area contributed by atoms with Crippen LogP contribution >= 0.6 is 0 Å². The van der Waals surface area contributed by atoms with Crippen molar-refractivity contribution in [3.63, 3.8) is 0 Å². The van der Waals surface area contributed by atoms with E-state index in [0.717, 1.165) is 46.7 Å². The van der Waals surface area contributed by atoms with E-state index in [1.807, 2.05) is 17.8 Å². The van der Waals surface area contributed by atoms with Crippen LogP contribution in [0.3, 0.4) is 0 Å². The Labute approximate surface area is 152 Å². The van der Waals surface area contributed by atoms with Gasteiger partial charge in [-0.05, 0) is 33.1 Å². The molecule has 0 aromatic carbocycles. The fourth-order valence-electron chi connectivity index (χ4n) is 4.35. The van der Waals surface area contributed by atoms with Gasteiger partial charge in [-0.2, -0.15) is 5.10 Å². The molecule has 2 fully saturated rings. The Kier molecular flexibility index (Phi) is 3.50. The van der Waals surface area contributed by atoms with Crippen molar-refractivity contribution in [1.29, 1.82) is 0 Å². The van der Waals surface area contributed by atoms with E-state index >= 15 is 0 Å². The van der Waals surface area contributed by atoms with Crippen LogP contribution in [0.1, 0.15) is 56.7 Å². The van der Waals surface area contributed by atoms with E-state index in [1.165, 1.54) is 19.3 Å². The van der Waals surface area contributed by atoms with Crippen molar-refractivity contribution in [2.24, 2.45) is 5.16 Å². The number of anilines is 1. The lowest BCUT2D eigenvalue weighted by Gasteiger charge is -2.39. The Bertz CT molecular complexity index is 893. The van der Waals surface area contributed by atoms with Crippen LogP contribution in [0.15, 0.2) is 11.4 Å². The zero-order chi connectivity index (χ0) is 17.9. The second-order valence-corrected chi connectivity index (χ2v) is 7.97. The maximum Gasteiger partial charge on any atom is 0.160 e. The summed E-state index contributed by atoms with van der Waals surface area (Å²) in [5.74, 6) is 0. The van der Waals surface area contributed by atoms with Crippen LogP contribution in [0.2, 0.25) is 0 Å². The van der Waals surface area contributed by atoms with Gasteiger partial charge in [0.15, 0.2) is 5.65 Å². The zero-order valence-corrected chi connectivity index (χ0v) is 15.3. The third kappa shape index (κ3) is 2.33. The van der Waals surface area contributed by atoms with Crippen LogP contribution in [-0.2, 0) is 11.4 Å². The van der Waals surface area contributed by atoms with Gasteiger partial charge < -0.3 is 15.3 Å². The summed E-state index contributed by atoms with van der Waals surface area (Å²) in [7, 11) is 0. The molecule has 2 N–H and O–H groups in total. The van der Waals surface area contributed by atoms with Crippen molar-refractivity contribution < 1.29 is 9.94 Å². The minimum Gasteiger partial charge on any atom is -0.393 e. The number of hydrogen-bond acceptors (Lipinski definition) is 6. The van der Waals surface area contributed by atoms with Gasteiger partial charge in [0.05, 0.1) is 28.6 Å². The topological polar surface area (TPSA) is 84.6 Å². The van der Waals surface area contributed by atoms with Gasteiger partial charge in [0, 0.05) is 43.6 Å². The Balaban J connectivity index is 1.58. The van der Waals surface area contributed by atoms with E-state index in [4.69, 9.17) is 9.82 Å². The van der Waals surface area contributed by atoms with Crippen LogP contribution in [0.4, 0.5) is 5.69 Å². The molecule has 1 aliphatic heterocycles. The molecule has 7 heteroatoms. The molecule has 0 amide bonds. The Hall–Kier alpha value is -2.15. The van der Waals surface area contributed by atoms with Gasteiger partial charge in [0.2, 0.25) is 0 Å². The number of aromatic nitrogens is 3. The number of nitrogens with zero attached hydrogens (tertiary/aromatic N) is 4. The number of nitrogens with one attached hydrogen (secondary N) is 1. The fraction of sp³-hybridized carbons (Fsp3) is 0.632.